The van der Waals surface area contributed by atoms with Crippen molar-refractivity contribution >= 4 is 17.5 Å². The lowest BCUT2D eigenvalue weighted by Crippen LogP contribution is -2.56. The van der Waals surface area contributed by atoms with Gasteiger partial charge >= 0.3 is 0 Å². The molecular weight excluding hydrogens is 328 g/mol. The van der Waals surface area contributed by atoms with Gasteiger partial charge in [0.1, 0.15) is 0 Å². The molecule has 1 aromatic heterocycles. The summed E-state index contributed by atoms with van der Waals surface area (Å²) in [4.78, 5) is 16.8. The zero-order valence-corrected chi connectivity index (χ0v) is 15.1. The third-order valence-electron chi connectivity index (χ3n) is 5.35. The van der Waals surface area contributed by atoms with E-state index >= 15 is 0 Å². The summed E-state index contributed by atoms with van der Waals surface area (Å²) in [6.07, 6.45) is 4.29. The zero-order chi connectivity index (χ0) is 17.1. The predicted molar refractivity (Wildman–Crippen MR) is 92.8 cm³/mol. The number of hydrogen-bond donors (Lipinski definition) is 2. The lowest BCUT2D eigenvalue weighted by Gasteiger charge is -2.47. The molecule has 2 aliphatic rings. The number of piperidine rings is 2. The van der Waals surface area contributed by atoms with Crippen LogP contribution in [0.25, 0.3) is 0 Å². The average molecular weight is 355 g/mol. The minimum Gasteiger partial charge on any atom is -0.396 e. The molecule has 7 heteroatoms. The number of aryl methyl sites for hydroxylation is 1. The topological polar surface area (TPSA) is 72.5 Å². The fraction of sp³-hybridized carbons (Fsp3) is 0.765. The number of carbonyl (C=O) groups is 1. The number of nitrogens with one attached hydrogen (secondary N) is 1. The molecule has 2 saturated heterocycles. The van der Waals surface area contributed by atoms with Gasteiger partial charge in [-0.25, -0.2) is 0 Å². The minimum atomic E-state index is 0.202. The van der Waals surface area contributed by atoms with Gasteiger partial charge in [-0.1, -0.05) is 11.6 Å². The molecule has 3 heterocycles. The number of H-pyrrole nitrogens is 1. The maximum Gasteiger partial charge on any atom is 0.222 e. The molecule has 134 valence electrons. The van der Waals surface area contributed by atoms with Crippen molar-refractivity contribution in [3.05, 3.63) is 16.4 Å². The number of halogens is 1. The second kappa shape index (κ2) is 7.85. The summed E-state index contributed by atoms with van der Waals surface area (Å²) in [5.41, 5.74) is 1.83. The second-order valence-corrected chi connectivity index (χ2v) is 7.39. The third-order valence-corrected chi connectivity index (χ3v) is 5.85. The molecule has 0 saturated carbocycles. The van der Waals surface area contributed by atoms with Crippen molar-refractivity contribution in [2.75, 3.05) is 26.2 Å². The Hall–Kier alpha value is -1.11. The highest BCUT2D eigenvalue weighted by Gasteiger charge is 2.39. The van der Waals surface area contributed by atoms with Crippen molar-refractivity contribution in [2.24, 2.45) is 5.92 Å². The molecular formula is C17H27ClN4O2. The molecule has 24 heavy (non-hydrogen) atoms. The van der Waals surface area contributed by atoms with E-state index in [2.05, 4.69) is 20.0 Å². The molecule has 0 aliphatic carbocycles. The summed E-state index contributed by atoms with van der Waals surface area (Å²) < 4.78 is 0. The van der Waals surface area contributed by atoms with Crippen molar-refractivity contribution in [1.82, 2.24) is 20.0 Å². The van der Waals surface area contributed by atoms with E-state index in [1.54, 1.807) is 0 Å². The molecule has 0 bridgehead atoms. The maximum atomic E-state index is 12.3. The number of aliphatic hydroxyl groups excluding tert-OH is 1. The number of nitrogens with zero attached hydrogens (tertiary/aromatic N) is 3. The van der Waals surface area contributed by atoms with Gasteiger partial charge in [-0.15, -0.1) is 0 Å². The number of amides is 1. The first-order chi connectivity index (χ1) is 11.6. The Bertz CT molecular complexity index is 577. The number of carbonyl (C=O) groups excluding carboxylic acids is 1. The third kappa shape index (κ3) is 3.76. The van der Waals surface area contributed by atoms with Crippen LogP contribution in [0.15, 0.2) is 0 Å². The highest BCUT2D eigenvalue weighted by Crippen LogP contribution is 2.32. The number of fused-ring (bicyclic) bond motifs is 1. The Kier molecular flexibility index (Phi) is 5.79. The zero-order valence-electron chi connectivity index (χ0n) is 14.3. The first-order valence-electron chi connectivity index (χ1n) is 8.92. The fourth-order valence-electron chi connectivity index (χ4n) is 4.04. The summed E-state index contributed by atoms with van der Waals surface area (Å²) in [6, 6.07) is 0.359. The van der Waals surface area contributed by atoms with Gasteiger partial charge in [0.05, 0.1) is 16.4 Å². The molecule has 2 fully saturated rings. The fourth-order valence-corrected chi connectivity index (χ4v) is 4.18. The van der Waals surface area contributed by atoms with Gasteiger partial charge in [-0.05, 0) is 38.5 Å². The predicted octanol–water partition coefficient (Wildman–Crippen LogP) is 1.96. The number of likely N-dealkylation sites (tertiary alicyclic amines) is 2. The summed E-state index contributed by atoms with van der Waals surface area (Å²) in [5.74, 6) is 0.818. The van der Waals surface area contributed by atoms with E-state index in [1.807, 2.05) is 6.92 Å². The van der Waals surface area contributed by atoms with Gasteiger partial charge in [0, 0.05) is 45.2 Å². The Morgan fingerprint density at radius 3 is 2.92 bits per heavy atom. The van der Waals surface area contributed by atoms with E-state index < -0.39 is 0 Å². The molecule has 2 N–H and O–H groups in total. The van der Waals surface area contributed by atoms with Crippen molar-refractivity contribution in [3.8, 4) is 0 Å². The Morgan fingerprint density at radius 1 is 1.38 bits per heavy atom. The number of aromatic nitrogens is 2. The van der Waals surface area contributed by atoms with E-state index in [4.69, 9.17) is 16.7 Å². The summed E-state index contributed by atoms with van der Waals surface area (Å²) in [6.45, 7) is 5.65. The van der Waals surface area contributed by atoms with Crippen LogP contribution in [-0.2, 0) is 11.3 Å². The SMILES string of the molecule is Cc1[nH]nc(CN2CC[C@@H]3[C@@H](CCC(=O)N3CCCCO)C2)c1Cl. The largest absolute Gasteiger partial charge is 0.396 e. The summed E-state index contributed by atoms with van der Waals surface area (Å²) >= 11 is 6.28. The number of unbranched alkanes of at least 4 members (excludes halogenated alkanes) is 1. The molecule has 0 aromatic carbocycles. The van der Waals surface area contributed by atoms with Crippen molar-refractivity contribution in [1.29, 1.82) is 0 Å². The van der Waals surface area contributed by atoms with E-state index in [0.29, 0.717) is 18.4 Å². The van der Waals surface area contributed by atoms with Crippen LogP contribution >= 0.6 is 11.6 Å². The molecule has 1 aromatic rings. The van der Waals surface area contributed by atoms with Crippen LogP contribution in [0.1, 0.15) is 43.5 Å². The Balaban J connectivity index is 1.59. The van der Waals surface area contributed by atoms with Crippen LogP contribution in [0.3, 0.4) is 0 Å². The lowest BCUT2D eigenvalue weighted by atomic mass is 9.83. The standard InChI is InChI=1S/C17H27ClN4O2/c1-12-17(18)14(20-19-12)11-21-8-6-15-13(10-21)4-5-16(24)22(15)7-2-3-9-23/h13,15,23H,2-11H2,1H3,(H,19,20)/t13-,15+/m0/s1. The van der Waals surface area contributed by atoms with E-state index in [-0.39, 0.29) is 12.5 Å². The first kappa shape index (κ1) is 17.7. The number of aromatic amines is 1. The number of aliphatic hydroxyl groups is 1. The molecule has 0 spiro atoms. The molecule has 0 radical (unpaired) electrons. The van der Waals surface area contributed by atoms with Gasteiger partial charge in [0.25, 0.3) is 0 Å². The first-order valence-corrected chi connectivity index (χ1v) is 9.30. The normalized spacial score (nSPS) is 25.1. The minimum absolute atomic E-state index is 0.202. The lowest BCUT2D eigenvalue weighted by molar-refractivity contribution is -0.141. The van der Waals surface area contributed by atoms with Crippen LogP contribution in [0.5, 0.6) is 0 Å². The monoisotopic (exact) mass is 354 g/mol. The van der Waals surface area contributed by atoms with Gasteiger partial charge in [0.15, 0.2) is 0 Å². The van der Waals surface area contributed by atoms with E-state index in [0.717, 1.165) is 68.3 Å². The molecule has 2 aliphatic heterocycles. The summed E-state index contributed by atoms with van der Waals surface area (Å²) in [7, 11) is 0. The smallest absolute Gasteiger partial charge is 0.222 e. The Labute approximate surface area is 148 Å². The summed E-state index contributed by atoms with van der Waals surface area (Å²) in [5, 5.41) is 16.9. The van der Waals surface area contributed by atoms with Crippen molar-refractivity contribution < 1.29 is 9.90 Å². The van der Waals surface area contributed by atoms with Gasteiger partial charge in [-0.3, -0.25) is 14.8 Å². The molecule has 6 nitrogen and oxygen atoms in total. The Morgan fingerprint density at radius 2 is 2.21 bits per heavy atom. The van der Waals surface area contributed by atoms with Gasteiger partial charge in [0.2, 0.25) is 5.91 Å². The maximum absolute atomic E-state index is 12.3. The van der Waals surface area contributed by atoms with Crippen molar-refractivity contribution in [2.45, 2.75) is 51.6 Å². The number of hydrogen-bond acceptors (Lipinski definition) is 4. The van der Waals surface area contributed by atoms with Crippen LogP contribution in [-0.4, -0.2) is 63.3 Å². The molecule has 2 atom stereocenters. The quantitative estimate of drug-likeness (QED) is 0.766. The van der Waals surface area contributed by atoms with Gasteiger partial charge < -0.3 is 10.0 Å². The second-order valence-electron chi connectivity index (χ2n) is 7.02. The molecule has 3 rings (SSSR count). The van der Waals surface area contributed by atoms with Crippen LogP contribution in [0.4, 0.5) is 0 Å². The average Bonchev–Trinajstić information content (AvgIpc) is 2.89. The van der Waals surface area contributed by atoms with E-state index in [1.165, 1.54) is 0 Å². The molecule has 0 unspecified atom stereocenters. The molecule has 1 amide bonds. The van der Waals surface area contributed by atoms with Crippen LogP contribution < -0.4 is 0 Å². The van der Waals surface area contributed by atoms with Crippen LogP contribution in [0.2, 0.25) is 5.02 Å². The highest BCUT2D eigenvalue weighted by molar-refractivity contribution is 6.31. The van der Waals surface area contributed by atoms with Crippen molar-refractivity contribution in [3.63, 3.8) is 0 Å². The number of rotatable bonds is 6. The van der Waals surface area contributed by atoms with E-state index in [9.17, 15) is 4.79 Å². The van der Waals surface area contributed by atoms with Crippen LogP contribution in [0, 0.1) is 12.8 Å². The highest BCUT2D eigenvalue weighted by atomic mass is 35.5. The van der Waals surface area contributed by atoms with Gasteiger partial charge in [-0.2, -0.15) is 5.10 Å².